The molecule has 0 aromatic carbocycles. The van der Waals surface area contributed by atoms with Crippen LogP contribution in [0.1, 0.15) is 0 Å². The number of nitrogens with two attached hydrogens (primary N) is 4. The molecule has 0 unspecified atom stereocenters. The molecule has 9 heavy (non-hydrogen) atoms. The highest BCUT2D eigenvalue weighted by molar-refractivity contribution is 6.55. The molecule has 1 heterocycles. The summed E-state index contributed by atoms with van der Waals surface area (Å²) in [5.74, 6) is 0. The minimum atomic E-state index is 0.282. The third-order valence-electron chi connectivity index (χ3n) is 1.14. The Morgan fingerprint density at radius 1 is 0.778 bits per heavy atom. The van der Waals surface area contributed by atoms with Crippen molar-refractivity contribution in [3.8, 4) is 0 Å². The molecular weight excluding hydrogens is 132 g/mol. The molecule has 0 atom stereocenters. The maximum Gasteiger partial charge on any atom is 0.171 e. The van der Waals surface area contributed by atoms with E-state index in [0.29, 0.717) is 22.0 Å². The van der Waals surface area contributed by atoms with Crippen LogP contribution in [0.2, 0.25) is 0 Å². The third-order valence-corrected chi connectivity index (χ3v) is 2.22. The smallest absolute Gasteiger partial charge is 0.171 e. The van der Waals surface area contributed by atoms with Gasteiger partial charge in [-0.05, 0) is 0 Å². The SMILES string of the molecule is NC1=C(N)C(N)=C(N)[Si]1. The largest absolute Gasteiger partial charge is 0.404 e. The van der Waals surface area contributed by atoms with Crippen molar-refractivity contribution < 1.29 is 0 Å². The Bertz CT molecular complexity index is 183. The lowest BCUT2D eigenvalue weighted by Crippen LogP contribution is -2.12. The predicted octanol–water partition coefficient (Wildman–Crippen LogP) is -2.12. The van der Waals surface area contributed by atoms with Crippen molar-refractivity contribution in [2.75, 3.05) is 0 Å². The first-order valence-electron chi connectivity index (χ1n) is 2.40. The second kappa shape index (κ2) is 1.69. The molecule has 4 nitrogen and oxygen atoms in total. The fourth-order valence-corrected chi connectivity index (χ4v) is 1.40. The highest BCUT2D eigenvalue weighted by atomic mass is 28.2. The van der Waals surface area contributed by atoms with Gasteiger partial charge in [-0.3, -0.25) is 0 Å². The Kier molecular flexibility index (Phi) is 1.13. The highest BCUT2D eigenvalue weighted by Gasteiger charge is 2.15. The molecule has 0 bridgehead atoms. The highest BCUT2D eigenvalue weighted by Crippen LogP contribution is 2.10. The lowest BCUT2D eigenvalue weighted by atomic mass is 10.4. The first-order valence-corrected chi connectivity index (χ1v) is 3.40. The van der Waals surface area contributed by atoms with Gasteiger partial charge in [-0.25, -0.2) is 0 Å². The van der Waals surface area contributed by atoms with Gasteiger partial charge in [-0.1, -0.05) is 0 Å². The van der Waals surface area contributed by atoms with Gasteiger partial charge in [0.05, 0.1) is 11.4 Å². The van der Waals surface area contributed by atoms with Gasteiger partial charge in [-0.2, -0.15) is 0 Å². The zero-order valence-corrected chi connectivity index (χ0v) is 5.81. The normalized spacial score (nSPS) is 19.6. The van der Waals surface area contributed by atoms with Crippen LogP contribution < -0.4 is 22.9 Å². The quantitative estimate of drug-likeness (QED) is 0.289. The fraction of sp³-hybridized carbons (Fsp3) is 0. The van der Waals surface area contributed by atoms with Crippen LogP contribution in [0.5, 0.6) is 0 Å². The molecule has 5 heteroatoms. The van der Waals surface area contributed by atoms with Crippen LogP contribution in [-0.2, 0) is 0 Å². The van der Waals surface area contributed by atoms with Crippen LogP contribution in [0.3, 0.4) is 0 Å². The average molecular weight is 140 g/mol. The minimum Gasteiger partial charge on any atom is -0.404 e. The summed E-state index contributed by atoms with van der Waals surface area (Å²) in [4.78, 5) is 0. The molecule has 0 aromatic heterocycles. The van der Waals surface area contributed by atoms with E-state index in [1.807, 2.05) is 0 Å². The van der Waals surface area contributed by atoms with Gasteiger partial charge >= 0.3 is 0 Å². The second-order valence-electron chi connectivity index (χ2n) is 1.78. The van der Waals surface area contributed by atoms with E-state index in [1.165, 1.54) is 0 Å². The predicted molar refractivity (Wildman–Crippen MR) is 36.6 cm³/mol. The first-order chi connectivity index (χ1) is 4.13. The third kappa shape index (κ3) is 0.745. The molecular formula is C4H8N4Si. The Balaban J connectivity index is 2.97. The van der Waals surface area contributed by atoms with E-state index in [1.54, 1.807) is 0 Å². The van der Waals surface area contributed by atoms with Gasteiger partial charge in [0.25, 0.3) is 0 Å². The molecule has 48 valence electrons. The fourth-order valence-electron chi connectivity index (χ4n) is 0.570. The summed E-state index contributed by atoms with van der Waals surface area (Å²) in [6.45, 7) is 0. The standard InChI is InChI=1S/C4H8N4Si/c5-1-2(6)4(8)9-3(1)7/h5-8H2. The van der Waals surface area contributed by atoms with Crippen molar-refractivity contribution >= 4 is 9.52 Å². The number of hydrogen-bond donors (Lipinski definition) is 4. The Morgan fingerprint density at radius 2 is 1.11 bits per heavy atom. The van der Waals surface area contributed by atoms with Crippen LogP contribution in [-0.4, -0.2) is 9.52 Å². The van der Waals surface area contributed by atoms with Gasteiger partial charge in [0.2, 0.25) is 0 Å². The Hall–Kier alpha value is -1.10. The molecule has 1 aliphatic rings. The van der Waals surface area contributed by atoms with E-state index in [4.69, 9.17) is 22.9 Å². The van der Waals surface area contributed by atoms with Gasteiger partial charge in [0.1, 0.15) is 0 Å². The monoisotopic (exact) mass is 140 g/mol. The molecule has 0 aliphatic carbocycles. The van der Waals surface area contributed by atoms with Gasteiger partial charge in [0.15, 0.2) is 9.52 Å². The van der Waals surface area contributed by atoms with Crippen LogP contribution >= 0.6 is 0 Å². The molecule has 0 saturated carbocycles. The summed E-state index contributed by atoms with van der Waals surface area (Å²) in [6.07, 6.45) is 0. The summed E-state index contributed by atoms with van der Waals surface area (Å²) < 4.78 is 0. The summed E-state index contributed by atoms with van der Waals surface area (Å²) >= 11 is 0. The molecule has 0 aromatic rings. The van der Waals surface area contributed by atoms with E-state index < -0.39 is 0 Å². The van der Waals surface area contributed by atoms with Crippen LogP contribution in [0, 0.1) is 0 Å². The zero-order valence-electron chi connectivity index (χ0n) is 4.81. The molecule has 0 spiro atoms. The lowest BCUT2D eigenvalue weighted by Gasteiger charge is -1.95. The van der Waals surface area contributed by atoms with E-state index in [2.05, 4.69) is 0 Å². The average Bonchev–Trinajstić information content (AvgIpc) is 1.98. The van der Waals surface area contributed by atoms with Crippen LogP contribution in [0.4, 0.5) is 0 Å². The van der Waals surface area contributed by atoms with Gasteiger partial charge in [-0.15, -0.1) is 0 Å². The zero-order chi connectivity index (χ0) is 7.02. The summed E-state index contributed by atoms with van der Waals surface area (Å²) in [5.41, 5.74) is 22.6. The molecule has 0 saturated heterocycles. The van der Waals surface area contributed by atoms with Crippen molar-refractivity contribution in [3.05, 3.63) is 22.0 Å². The summed E-state index contributed by atoms with van der Waals surface area (Å²) in [7, 11) is 0.282. The van der Waals surface area contributed by atoms with Crippen molar-refractivity contribution in [1.82, 2.24) is 0 Å². The van der Waals surface area contributed by atoms with Crippen molar-refractivity contribution in [2.45, 2.75) is 0 Å². The Morgan fingerprint density at radius 3 is 1.22 bits per heavy atom. The topological polar surface area (TPSA) is 104 Å². The first kappa shape index (κ1) is 6.02. The second-order valence-corrected chi connectivity index (χ2v) is 3.11. The maximum absolute atomic E-state index is 5.42. The van der Waals surface area contributed by atoms with Crippen molar-refractivity contribution in [1.29, 1.82) is 0 Å². The van der Waals surface area contributed by atoms with E-state index in [0.717, 1.165) is 0 Å². The maximum atomic E-state index is 5.42. The molecule has 2 radical (unpaired) electrons. The van der Waals surface area contributed by atoms with Gasteiger partial charge in [0, 0.05) is 10.6 Å². The Labute approximate surface area is 55.4 Å². The minimum absolute atomic E-state index is 0.282. The molecule has 1 aliphatic heterocycles. The van der Waals surface area contributed by atoms with Crippen LogP contribution in [0.15, 0.2) is 22.0 Å². The number of hydrogen-bond acceptors (Lipinski definition) is 4. The van der Waals surface area contributed by atoms with Crippen molar-refractivity contribution in [3.63, 3.8) is 0 Å². The van der Waals surface area contributed by atoms with E-state index in [-0.39, 0.29) is 9.52 Å². The van der Waals surface area contributed by atoms with Crippen molar-refractivity contribution in [2.24, 2.45) is 22.9 Å². The molecule has 0 fully saturated rings. The van der Waals surface area contributed by atoms with E-state index in [9.17, 15) is 0 Å². The van der Waals surface area contributed by atoms with Crippen LogP contribution in [0.25, 0.3) is 0 Å². The molecule has 1 rings (SSSR count). The molecule has 0 amide bonds. The lowest BCUT2D eigenvalue weighted by molar-refractivity contribution is 1.20. The number of rotatable bonds is 0. The van der Waals surface area contributed by atoms with Gasteiger partial charge < -0.3 is 22.9 Å². The van der Waals surface area contributed by atoms with E-state index >= 15 is 0 Å². The molecule has 8 N–H and O–H groups in total. The summed E-state index contributed by atoms with van der Waals surface area (Å²) in [6, 6.07) is 0. The summed E-state index contributed by atoms with van der Waals surface area (Å²) in [5, 5.41) is 1.20.